The number of para-hydroxylation sites is 1. The van der Waals surface area contributed by atoms with Gasteiger partial charge in [0, 0.05) is 10.8 Å². The van der Waals surface area contributed by atoms with Crippen LogP contribution in [0.5, 0.6) is 11.5 Å². The van der Waals surface area contributed by atoms with Gasteiger partial charge in [-0.3, -0.25) is 0 Å². The molecule has 6 rings (SSSR count). The molecule has 0 aliphatic heterocycles. The summed E-state index contributed by atoms with van der Waals surface area (Å²) in [6.45, 7) is 0. The zero-order chi connectivity index (χ0) is 23.8. The first-order valence-corrected chi connectivity index (χ1v) is 11.8. The van der Waals surface area contributed by atoms with E-state index < -0.39 is 0 Å². The first-order valence-electron chi connectivity index (χ1n) is 10.9. The van der Waals surface area contributed by atoms with Crippen LogP contribution in [0, 0.1) is 0 Å². The van der Waals surface area contributed by atoms with E-state index in [-0.39, 0.29) is 24.8 Å². The summed E-state index contributed by atoms with van der Waals surface area (Å²) in [5.41, 5.74) is 2.10. The van der Waals surface area contributed by atoms with Crippen molar-refractivity contribution < 1.29 is 30.2 Å². The molecule has 0 radical (unpaired) electrons. The normalized spacial score (nSPS) is 9.53. The molecule has 2 N–H and O–H groups in total. The van der Waals surface area contributed by atoms with Crippen LogP contribution >= 0.6 is 24.8 Å². The van der Waals surface area contributed by atoms with E-state index in [4.69, 9.17) is 0 Å². The van der Waals surface area contributed by atoms with Gasteiger partial charge in [0.2, 0.25) is 0 Å². The van der Waals surface area contributed by atoms with E-state index in [0.717, 1.165) is 32.8 Å². The Hall–Kier alpha value is -3.21. The fourth-order valence-corrected chi connectivity index (χ4v) is 3.83. The standard InChI is InChI=1S/C10H7N.2C10H8O.2ClH.Ti/c1-8-6-7-9-4-2-3-5-10(9)11-8;2*11-10-7-3-5-8-4-1-2-6-9(8)10;;;/h1-7H;2*1-7,11H;2*1H;. The molecule has 6 heteroatoms. The predicted octanol–water partition coefficient (Wildman–Crippen LogP) is 7.87. The van der Waals surface area contributed by atoms with Crippen molar-refractivity contribution in [3.63, 3.8) is 0 Å². The third kappa shape index (κ3) is 7.40. The number of phenolic OH excluding ortho intramolecular Hbond substituents is 2. The van der Waals surface area contributed by atoms with Gasteiger partial charge in [-0.1, -0.05) is 72.8 Å². The van der Waals surface area contributed by atoms with Crippen LogP contribution in [-0.4, -0.2) is 19.5 Å². The van der Waals surface area contributed by atoms with Gasteiger partial charge in [0.15, 0.2) is 0 Å². The minimum absolute atomic E-state index is 0. The monoisotopic (exact) mass is 549 g/mol. The quantitative estimate of drug-likeness (QED) is 0.205. The number of aromatic nitrogens is 1. The predicted molar refractivity (Wildman–Crippen MR) is 153 cm³/mol. The first kappa shape index (κ1) is 29.0. The zero-order valence-electron chi connectivity index (χ0n) is 19.3. The fourth-order valence-electron chi connectivity index (χ4n) is 3.58. The van der Waals surface area contributed by atoms with Crippen LogP contribution in [0.2, 0.25) is 0 Å². The van der Waals surface area contributed by atoms with Gasteiger partial charge < -0.3 is 10.2 Å². The number of phenols is 2. The summed E-state index contributed by atoms with van der Waals surface area (Å²) in [6.07, 6.45) is 0. The van der Waals surface area contributed by atoms with Gasteiger partial charge in [0.25, 0.3) is 0 Å². The van der Waals surface area contributed by atoms with Crippen LogP contribution in [0.15, 0.2) is 121 Å². The SMILES string of the molecule is Cl.Cl.Oc1cccc2ccccc12.Oc1cccc2ccccc12.[Ti]=[CH]c1ccc2ccccc2n1. The molecule has 0 saturated carbocycles. The molecule has 0 aliphatic carbocycles. The third-order valence-electron chi connectivity index (χ3n) is 5.30. The number of hydrogen-bond acceptors (Lipinski definition) is 3. The van der Waals surface area contributed by atoms with Gasteiger partial charge in [-0.05, 0) is 22.9 Å². The van der Waals surface area contributed by atoms with Crippen molar-refractivity contribution in [1.82, 2.24) is 4.98 Å². The molecule has 0 atom stereocenters. The molecule has 0 aliphatic rings. The molecule has 6 aromatic rings. The molecule has 0 spiro atoms. The summed E-state index contributed by atoms with van der Waals surface area (Å²) < 4.78 is 2.01. The van der Waals surface area contributed by atoms with Gasteiger partial charge >= 0.3 is 82.3 Å². The molecule has 0 amide bonds. The second-order valence-electron chi connectivity index (χ2n) is 7.57. The van der Waals surface area contributed by atoms with Gasteiger partial charge in [0.1, 0.15) is 11.5 Å². The number of rotatable bonds is 1. The van der Waals surface area contributed by atoms with E-state index in [1.807, 2.05) is 121 Å². The van der Waals surface area contributed by atoms with Crippen LogP contribution in [0.3, 0.4) is 0 Å². The summed E-state index contributed by atoms with van der Waals surface area (Å²) in [5, 5.41) is 23.9. The van der Waals surface area contributed by atoms with Crippen molar-refractivity contribution in [1.29, 1.82) is 0 Å². The van der Waals surface area contributed by atoms with Crippen LogP contribution < -0.4 is 0 Å². The maximum atomic E-state index is 9.37. The Morgan fingerprint density at radius 1 is 0.500 bits per heavy atom. The summed E-state index contributed by atoms with van der Waals surface area (Å²) >= 11 is 2.00. The minimum atomic E-state index is 0. The van der Waals surface area contributed by atoms with E-state index >= 15 is 0 Å². The van der Waals surface area contributed by atoms with Crippen molar-refractivity contribution in [2.24, 2.45) is 0 Å². The average molecular weight is 550 g/mol. The number of benzene rings is 5. The van der Waals surface area contributed by atoms with Crippen molar-refractivity contribution >= 4 is 61.6 Å². The summed E-state index contributed by atoms with van der Waals surface area (Å²) in [6, 6.07) is 38.8. The van der Waals surface area contributed by atoms with Crippen LogP contribution in [0.1, 0.15) is 5.69 Å². The van der Waals surface area contributed by atoms with E-state index in [1.54, 1.807) is 12.1 Å². The molecule has 0 fully saturated rings. The molecular weight excluding hydrogens is 525 g/mol. The van der Waals surface area contributed by atoms with E-state index in [9.17, 15) is 10.2 Å². The topological polar surface area (TPSA) is 53.4 Å². The maximum absolute atomic E-state index is 9.37. The Balaban J connectivity index is 0.000000185. The number of fused-ring (bicyclic) bond motifs is 3. The molecule has 180 valence electrons. The van der Waals surface area contributed by atoms with Crippen LogP contribution in [-0.2, 0) is 20.0 Å². The second-order valence-corrected chi connectivity index (χ2v) is 8.02. The molecule has 3 nitrogen and oxygen atoms in total. The summed E-state index contributed by atoms with van der Waals surface area (Å²) in [4.78, 5) is 4.44. The molecule has 36 heavy (non-hydrogen) atoms. The van der Waals surface area contributed by atoms with Gasteiger partial charge in [0.05, 0.1) is 0 Å². The molecule has 0 unspecified atom stereocenters. The molecule has 0 bridgehead atoms. The molecule has 1 aromatic heterocycles. The third-order valence-corrected chi connectivity index (χ3v) is 5.76. The molecule has 1 heterocycles. The zero-order valence-corrected chi connectivity index (χ0v) is 22.5. The van der Waals surface area contributed by atoms with Crippen molar-refractivity contribution in [2.75, 3.05) is 0 Å². The average Bonchev–Trinajstić information content (AvgIpc) is 2.90. The first-order chi connectivity index (χ1) is 16.7. The Kier molecular flexibility index (Phi) is 11.6. The van der Waals surface area contributed by atoms with Crippen LogP contribution in [0.4, 0.5) is 0 Å². The van der Waals surface area contributed by atoms with Crippen molar-refractivity contribution in [2.45, 2.75) is 0 Å². The van der Waals surface area contributed by atoms with Gasteiger partial charge in [-0.15, -0.1) is 24.8 Å². The number of nitrogens with zero attached hydrogens (tertiary/aromatic N) is 1. The Morgan fingerprint density at radius 2 is 0.944 bits per heavy atom. The molecular formula is C30H25Cl2NO2Ti. The number of hydrogen-bond donors (Lipinski definition) is 2. The Labute approximate surface area is 234 Å². The number of aromatic hydroxyl groups is 2. The second kappa shape index (κ2) is 14.4. The molecule has 0 saturated heterocycles. The van der Waals surface area contributed by atoms with Crippen LogP contribution in [0.25, 0.3) is 32.4 Å². The van der Waals surface area contributed by atoms with Crippen molar-refractivity contribution in [3.8, 4) is 11.5 Å². The number of halogens is 2. The van der Waals surface area contributed by atoms with E-state index in [1.165, 1.54) is 5.39 Å². The Morgan fingerprint density at radius 3 is 1.44 bits per heavy atom. The molecule has 5 aromatic carbocycles. The number of pyridine rings is 1. The van der Waals surface area contributed by atoms with Crippen molar-refractivity contribution in [3.05, 3.63) is 127 Å². The summed E-state index contributed by atoms with van der Waals surface area (Å²) in [7, 11) is 0. The summed E-state index contributed by atoms with van der Waals surface area (Å²) in [5.74, 6) is 0.700. The van der Waals surface area contributed by atoms with Gasteiger partial charge in [-0.25, -0.2) is 0 Å². The van der Waals surface area contributed by atoms with E-state index in [0.29, 0.717) is 11.5 Å². The Bertz CT molecular complexity index is 1490. The van der Waals surface area contributed by atoms with E-state index in [2.05, 4.69) is 17.1 Å². The fraction of sp³-hybridized carbons (Fsp3) is 0. The van der Waals surface area contributed by atoms with Gasteiger partial charge in [-0.2, -0.15) is 0 Å².